The molecule has 0 bridgehead atoms. The molecule has 1 aromatic carbocycles. The van der Waals surface area contributed by atoms with E-state index < -0.39 is 0 Å². The molecule has 0 aliphatic heterocycles. The maximum atomic E-state index is 12.5. The van der Waals surface area contributed by atoms with Crippen LogP contribution in [0.3, 0.4) is 0 Å². The van der Waals surface area contributed by atoms with Gasteiger partial charge in [-0.1, -0.05) is 25.6 Å². The van der Waals surface area contributed by atoms with E-state index in [0.717, 1.165) is 22.6 Å². The monoisotopic (exact) mass is 456 g/mol. The van der Waals surface area contributed by atoms with Crippen LogP contribution in [0.25, 0.3) is 11.0 Å². The highest BCUT2D eigenvalue weighted by molar-refractivity contribution is 7.99. The Morgan fingerprint density at radius 2 is 1.81 bits per heavy atom. The molecule has 8 nitrogen and oxygen atoms in total. The minimum Gasteiger partial charge on any atom is -0.491 e. The van der Waals surface area contributed by atoms with Crippen LogP contribution in [0.15, 0.2) is 35.6 Å². The quantitative estimate of drug-likeness (QED) is 0.346. The molecule has 2 aromatic heterocycles. The zero-order valence-electron chi connectivity index (χ0n) is 19.5. The van der Waals surface area contributed by atoms with Crippen LogP contribution in [0.1, 0.15) is 51.9 Å². The molecule has 3 aromatic rings. The highest BCUT2D eigenvalue weighted by Gasteiger charge is 2.15. The van der Waals surface area contributed by atoms with Gasteiger partial charge in [0, 0.05) is 23.4 Å². The lowest BCUT2D eigenvalue weighted by Crippen LogP contribution is -2.27. The van der Waals surface area contributed by atoms with E-state index in [9.17, 15) is 4.79 Å². The number of anilines is 1. The zero-order valence-corrected chi connectivity index (χ0v) is 20.4. The lowest BCUT2D eigenvalue weighted by molar-refractivity contribution is 0.0952. The second kappa shape index (κ2) is 10.7. The number of rotatable bonds is 10. The summed E-state index contributed by atoms with van der Waals surface area (Å²) in [5, 5.41) is 12.8. The third-order valence-electron chi connectivity index (χ3n) is 4.34. The van der Waals surface area contributed by atoms with E-state index >= 15 is 0 Å². The number of benzene rings is 1. The summed E-state index contributed by atoms with van der Waals surface area (Å²) in [6.45, 7) is 13.3. The molecule has 0 atom stereocenters. The minimum absolute atomic E-state index is 0.0955. The molecule has 172 valence electrons. The molecule has 9 heteroatoms. The Bertz CT molecular complexity index is 1050. The van der Waals surface area contributed by atoms with Gasteiger partial charge in [0.25, 0.3) is 5.91 Å². The van der Waals surface area contributed by atoms with Crippen LogP contribution in [0.2, 0.25) is 0 Å². The third kappa shape index (κ3) is 6.35. The van der Waals surface area contributed by atoms with Gasteiger partial charge in [0.05, 0.1) is 24.2 Å². The summed E-state index contributed by atoms with van der Waals surface area (Å²) in [4.78, 5) is 21.9. The van der Waals surface area contributed by atoms with Crippen LogP contribution in [-0.4, -0.2) is 49.6 Å². The molecule has 32 heavy (non-hydrogen) atoms. The molecule has 0 saturated carbocycles. The van der Waals surface area contributed by atoms with Gasteiger partial charge in [-0.15, -0.1) is 0 Å². The number of ether oxygens (including phenoxy) is 1. The Morgan fingerprint density at radius 3 is 2.44 bits per heavy atom. The Balaban J connectivity index is 1.69. The van der Waals surface area contributed by atoms with Crippen molar-refractivity contribution in [3.8, 4) is 5.75 Å². The molecule has 0 unspecified atom stereocenters. The summed E-state index contributed by atoms with van der Waals surface area (Å²) in [5.41, 5.74) is 1.35. The van der Waals surface area contributed by atoms with E-state index in [4.69, 9.17) is 9.72 Å². The molecule has 0 radical (unpaired) electrons. The van der Waals surface area contributed by atoms with Gasteiger partial charge in [-0.2, -0.15) is 5.10 Å². The first kappa shape index (κ1) is 23.8. The van der Waals surface area contributed by atoms with Crippen molar-refractivity contribution in [3.05, 3.63) is 36.0 Å². The fourth-order valence-electron chi connectivity index (χ4n) is 3.08. The lowest BCUT2D eigenvalue weighted by Gasteiger charge is -2.13. The highest BCUT2D eigenvalue weighted by atomic mass is 32.2. The molecule has 0 fully saturated rings. The largest absolute Gasteiger partial charge is 0.491 e. The minimum atomic E-state index is -0.134. The first-order chi connectivity index (χ1) is 15.2. The van der Waals surface area contributed by atoms with E-state index in [-0.39, 0.29) is 18.1 Å². The summed E-state index contributed by atoms with van der Waals surface area (Å²) in [7, 11) is 0. The van der Waals surface area contributed by atoms with Crippen molar-refractivity contribution >= 4 is 34.5 Å². The second-order valence-corrected chi connectivity index (χ2v) is 9.92. The van der Waals surface area contributed by atoms with Crippen molar-refractivity contribution in [2.75, 3.05) is 11.9 Å². The van der Waals surface area contributed by atoms with Gasteiger partial charge in [-0.3, -0.25) is 4.79 Å². The summed E-state index contributed by atoms with van der Waals surface area (Å²) >= 11 is 1.61. The van der Waals surface area contributed by atoms with E-state index in [1.807, 2.05) is 30.7 Å². The van der Waals surface area contributed by atoms with Gasteiger partial charge in [0.1, 0.15) is 11.6 Å². The second-order valence-electron chi connectivity index (χ2n) is 8.37. The van der Waals surface area contributed by atoms with E-state index in [2.05, 4.69) is 48.4 Å². The molecule has 0 aliphatic rings. The Kier molecular flexibility index (Phi) is 7.95. The third-order valence-corrected chi connectivity index (χ3v) is 5.20. The van der Waals surface area contributed by atoms with Crippen LogP contribution in [0, 0.1) is 0 Å². The number of thioether (sulfide) groups is 1. The maximum Gasteiger partial charge on any atom is 0.251 e. The highest BCUT2D eigenvalue weighted by Crippen LogP contribution is 2.26. The average Bonchev–Trinajstić information content (AvgIpc) is 3.10. The van der Waals surface area contributed by atoms with Gasteiger partial charge < -0.3 is 15.4 Å². The number of hydrogen-bond donors (Lipinski definition) is 2. The zero-order chi connectivity index (χ0) is 23.3. The number of amides is 1. The number of nitrogens with zero attached hydrogens (tertiary/aromatic N) is 4. The smallest absolute Gasteiger partial charge is 0.251 e. The molecule has 2 heterocycles. The van der Waals surface area contributed by atoms with Gasteiger partial charge in [0.15, 0.2) is 10.8 Å². The van der Waals surface area contributed by atoms with E-state index in [1.54, 1.807) is 30.1 Å². The Labute approximate surface area is 193 Å². The molecule has 3 rings (SSSR count). The fraction of sp³-hybridized carbons (Fsp3) is 0.478. The lowest BCUT2D eigenvalue weighted by atomic mass is 10.2. The van der Waals surface area contributed by atoms with Gasteiger partial charge in [-0.05, 0) is 52.0 Å². The standard InChI is InChI=1S/C23H32N6O2S/c1-14(2)26-20-19-13-25-29(21(19)28-23(27-20)32-16(5)6)12-11-24-22(30)17-7-9-18(10-8-17)31-15(3)4/h7-10,13-16H,11-12H2,1-6H3,(H,24,30)(H,26,27,28). The normalized spacial score (nSPS) is 11.5. The number of carbonyl (C=O) groups excluding carboxylic acids is 1. The van der Waals surface area contributed by atoms with Crippen LogP contribution in [-0.2, 0) is 6.54 Å². The van der Waals surface area contributed by atoms with Crippen molar-refractivity contribution in [3.63, 3.8) is 0 Å². The fourth-order valence-corrected chi connectivity index (χ4v) is 3.79. The van der Waals surface area contributed by atoms with E-state index in [1.165, 1.54) is 0 Å². The van der Waals surface area contributed by atoms with Crippen molar-refractivity contribution in [1.82, 2.24) is 25.1 Å². The van der Waals surface area contributed by atoms with Crippen LogP contribution in [0.4, 0.5) is 5.82 Å². The molecule has 0 aliphatic carbocycles. The SMILES string of the molecule is CC(C)Nc1nc(SC(C)C)nc2c1cnn2CCNC(=O)c1ccc(OC(C)C)cc1. The first-order valence-electron chi connectivity index (χ1n) is 10.9. The van der Waals surface area contributed by atoms with Crippen molar-refractivity contribution < 1.29 is 9.53 Å². The Morgan fingerprint density at radius 1 is 1.09 bits per heavy atom. The van der Waals surface area contributed by atoms with Gasteiger partial charge in [0.2, 0.25) is 0 Å². The molecular formula is C23H32N6O2S. The van der Waals surface area contributed by atoms with Crippen molar-refractivity contribution in [2.24, 2.45) is 0 Å². The van der Waals surface area contributed by atoms with Crippen LogP contribution < -0.4 is 15.4 Å². The van der Waals surface area contributed by atoms with Gasteiger partial charge >= 0.3 is 0 Å². The summed E-state index contributed by atoms with van der Waals surface area (Å²) < 4.78 is 7.44. The molecule has 1 amide bonds. The predicted molar refractivity (Wildman–Crippen MR) is 130 cm³/mol. The topological polar surface area (TPSA) is 94.0 Å². The van der Waals surface area contributed by atoms with Crippen molar-refractivity contribution in [1.29, 1.82) is 0 Å². The summed E-state index contributed by atoms with van der Waals surface area (Å²) in [5.74, 6) is 1.40. The predicted octanol–water partition coefficient (Wildman–Crippen LogP) is 4.36. The Hall–Kier alpha value is -2.81. The van der Waals surface area contributed by atoms with Gasteiger partial charge in [-0.25, -0.2) is 14.6 Å². The van der Waals surface area contributed by atoms with E-state index in [0.29, 0.717) is 29.1 Å². The average molecular weight is 457 g/mol. The molecular weight excluding hydrogens is 424 g/mol. The number of carbonyl (C=O) groups is 1. The first-order valence-corrected chi connectivity index (χ1v) is 11.8. The van der Waals surface area contributed by atoms with Crippen LogP contribution >= 0.6 is 11.8 Å². The molecule has 0 saturated heterocycles. The number of hydrogen-bond acceptors (Lipinski definition) is 7. The summed E-state index contributed by atoms with van der Waals surface area (Å²) in [6, 6.07) is 7.39. The number of fused-ring (bicyclic) bond motifs is 1. The van der Waals surface area contributed by atoms with Crippen molar-refractivity contribution in [2.45, 2.75) is 70.6 Å². The molecule has 2 N–H and O–H groups in total. The number of nitrogens with one attached hydrogen (secondary N) is 2. The summed E-state index contributed by atoms with van der Waals surface area (Å²) in [6.07, 6.45) is 1.87. The number of aromatic nitrogens is 4. The maximum absolute atomic E-state index is 12.5. The molecule has 0 spiro atoms. The van der Waals surface area contributed by atoms with Crippen LogP contribution in [0.5, 0.6) is 5.75 Å².